The summed E-state index contributed by atoms with van der Waals surface area (Å²) in [5.41, 5.74) is 5.74. The second-order valence-electron chi connectivity index (χ2n) is 8.47. The Morgan fingerprint density at radius 3 is 2.34 bits per heavy atom. The minimum atomic E-state index is -0.658. The fourth-order valence-corrected chi connectivity index (χ4v) is 4.66. The summed E-state index contributed by atoms with van der Waals surface area (Å²) in [5.74, 6) is -0.352. The standard InChI is InChI=1S/C27H29N5O2S/c1-17-14-18(2)30-24(15-17)29-12-11-28-20-7-9-21(10-8-20)31-27(34)26(33)25-22(16-19(3)32(25)4)23-6-5-13-35-23/h5-10,13-16,28H,11-12H2,1-4H3,(H,29,30)(H,31,34). The van der Waals surface area contributed by atoms with Gasteiger partial charge in [-0.25, -0.2) is 4.98 Å². The number of anilines is 3. The molecule has 7 nitrogen and oxygen atoms in total. The van der Waals surface area contributed by atoms with Crippen LogP contribution in [0.5, 0.6) is 0 Å². The second kappa shape index (κ2) is 10.6. The Morgan fingerprint density at radius 1 is 0.943 bits per heavy atom. The number of aromatic nitrogens is 2. The van der Waals surface area contributed by atoms with Crippen LogP contribution >= 0.6 is 11.3 Å². The van der Waals surface area contributed by atoms with E-state index in [-0.39, 0.29) is 0 Å². The lowest BCUT2D eigenvalue weighted by Gasteiger charge is -2.11. The van der Waals surface area contributed by atoms with E-state index in [2.05, 4.69) is 27.9 Å². The molecule has 0 aliphatic carbocycles. The van der Waals surface area contributed by atoms with Gasteiger partial charge >= 0.3 is 0 Å². The zero-order chi connectivity index (χ0) is 24.9. The number of thiophene rings is 1. The van der Waals surface area contributed by atoms with E-state index in [0.29, 0.717) is 24.5 Å². The molecule has 0 atom stereocenters. The predicted octanol–water partition coefficient (Wildman–Crippen LogP) is 5.42. The molecule has 8 heteroatoms. The van der Waals surface area contributed by atoms with E-state index in [1.165, 1.54) is 5.56 Å². The normalized spacial score (nSPS) is 10.7. The second-order valence-corrected chi connectivity index (χ2v) is 9.42. The highest BCUT2D eigenvalue weighted by Crippen LogP contribution is 2.31. The zero-order valence-corrected chi connectivity index (χ0v) is 21.1. The molecule has 3 aromatic heterocycles. The molecule has 3 N–H and O–H groups in total. The lowest BCUT2D eigenvalue weighted by molar-refractivity contribution is -0.112. The van der Waals surface area contributed by atoms with Crippen molar-refractivity contribution in [1.29, 1.82) is 0 Å². The number of carbonyl (C=O) groups excluding carboxylic acids is 2. The van der Waals surface area contributed by atoms with Crippen LogP contribution in [0.1, 0.15) is 27.4 Å². The van der Waals surface area contributed by atoms with Crippen LogP contribution in [0.2, 0.25) is 0 Å². The smallest absolute Gasteiger partial charge is 0.298 e. The SMILES string of the molecule is Cc1cc(C)nc(NCCNc2ccc(NC(=O)C(=O)c3c(-c4cccs4)cc(C)n3C)cc2)c1. The number of hydrogen-bond donors (Lipinski definition) is 3. The Bertz CT molecular complexity index is 1320. The Balaban J connectivity index is 1.33. The summed E-state index contributed by atoms with van der Waals surface area (Å²) >= 11 is 1.54. The van der Waals surface area contributed by atoms with E-state index >= 15 is 0 Å². The van der Waals surface area contributed by atoms with Crippen molar-refractivity contribution in [3.05, 3.63) is 82.6 Å². The van der Waals surface area contributed by atoms with Crippen molar-refractivity contribution in [1.82, 2.24) is 9.55 Å². The third-order valence-corrected chi connectivity index (χ3v) is 6.58. The lowest BCUT2D eigenvalue weighted by atomic mass is 10.1. The average molecular weight is 488 g/mol. The summed E-state index contributed by atoms with van der Waals surface area (Å²) in [6.07, 6.45) is 0. The molecule has 1 aromatic carbocycles. The molecule has 0 unspecified atom stereocenters. The molecule has 0 fully saturated rings. The lowest BCUT2D eigenvalue weighted by Crippen LogP contribution is -2.25. The van der Waals surface area contributed by atoms with Crippen LogP contribution in [0.4, 0.5) is 17.2 Å². The first-order valence-electron chi connectivity index (χ1n) is 11.4. The maximum absolute atomic E-state index is 13.0. The molecule has 0 aliphatic rings. The summed E-state index contributed by atoms with van der Waals surface area (Å²) in [5, 5.41) is 11.3. The van der Waals surface area contributed by atoms with Crippen molar-refractivity contribution in [3.63, 3.8) is 0 Å². The van der Waals surface area contributed by atoms with Gasteiger partial charge in [0.15, 0.2) is 0 Å². The number of carbonyl (C=O) groups is 2. The van der Waals surface area contributed by atoms with Gasteiger partial charge in [-0.3, -0.25) is 9.59 Å². The van der Waals surface area contributed by atoms with Gasteiger partial charge in [0.05, 0.1) is 0 Å². The van der Waals surface area contributed by atoms with Crippen molar-refractivity contribution in [3.8, 4) is 10.4 Å². The molecule has 0 bridgehead atoms. The molecule has 4 aromatic rings. The highest BCUT2D eigenvalue weighted by Gasteiger charge is 2.25. The third-order valence-electron chi connectivity index (χ3n) is 5.68. The Labute approximate surface area is 209 Å². The molecule has 180 valence electrons. The number of benzene rings is 1. The van der Waals surface area contributed by atoms with Crippen molar-refractivity contribution < 1.29 is 9.59 Å². The van der Waals surface area contributed by atoms with Crippen LogP contribution in [0, 0.1) is 20.8 Å². The summed E-state index contributed by atoms with van der Waals surface area (Å²) in [7, 11) is 1.80. The number of nitrogens with one attached hydrogen (secondary N) is 3. The molecule has 0 saturated heterocycles. The highest BCUT2D eigenvalue weighted by atomic mass is 32.1. The molecule has 0 saturated carbocycles. The van der Waals surface area contributed by atoms with E-state index < -0.39 is 11.7 Å². The summed E-state index contributed by atoms with van der Waals surface area (Å²) in [4.78, 5) is 31.3. The first-order valence-corrected chi connectivity index (χ1v) is 12.3. The van der Waals surface area contributed by atoms with Crippen molar-refractivity contribution in [2.75, 3.05) is 29.0 Å². The molecule has 3 heterocycles. The Morgan fingerprint density at radius 2 is 1.66 bits per heavy atom. The maximum atomic E-state index is 13.0. The highest BCUT2D eigenvalue weighted by molar-refractivity contribution is 7.13. The average Bonchev–Trinajstić information content (AvgIpc) is 3.45. The van der Waals surface area contributed by atoms with Gasteiger partial charge in [0, 0.05) is 53.3 Å². The zero-order valence-electron chi connectivity index (χ0n) is 20.3. The largest absolute Gasteiger partial charge is 0.383 e. The number of aryl methyl sites for hydroxylation is 3. The number of rotatable bonds is 9. The van der Waals surface area contributed by atoms with Gasteiger partial charge < -0.3 is 20.5 Å². The van der Waals surface area contributed by atoms with Gasteiger partial charge in [0.1, 0.15) is 11.5 Å². The van der Waals surface area contributed by atoms with Gasteiger partial charge in [0.25, 0.3) is 11.7 Å². The number of ketones is 1. The number of pyridine rings is 1. The molecule has 4 rings (SSSR count). The molecule has 35 heavy (non-hydrogen) atoms. The summed E-state index contributed by atoms with van der Waals surface area (Å²) < 4.78 is 1.77. The van der Waals surface area contributed by atoms with Crippen LogP contribution in [-0.2, 0) is 11.8 Å². The predicted molar refractivity (Wildman–Crippen MR) is 144 cm³/mol. The fourth-order valence-electron chi connectivity index (χ4n) is 3.92. The van der Waals surface area contributed by atoms with Gasteiger partial charge in [-0.05, 0) is 80.2 Å². The van der Waals surface area contributed by atoms with Crippen LogP contribution in [-0.4, -0.2) is 34.3 Å². The van der Waals surface area contributed by atoms with Crippen LogP contribution in [0.15, 0.2) is 60.0 Å². The van der Waals surface area contributed by atoms with Crippen molar-refractivity contribution in [2.45, 2.75) is 20.8 Å². The molecular formula is C27H29N5O2S. The summed E-state index contributed by atoms with van der Waals surface area (Å²) in [6, 6.07) is 17.2. The van der Waals surface area contributed by atoms with E-state index in [1.807, 2.05) is 61.7 Å². The molecule has 0 aliphatic heterocycles. The van der Waals surface area contributed by atoms with E-state index in [4.69, 9.17) is 0 Å². The quantitative estimate of drug-likeness (QED) is 0.167. The third kappa shape index (κ3) is 5.78. The van der Waals surface area contributed by atoms with Crippen LogP contribution < -0.4 is 16.0 Å². The minimum absolute atomic E-state index is 0.395. The molecule has 0 spiro atoms. The van der Waals surface area contributed by atoms with Crippen LogP contribution in [0.3, 0.4) is 0 Å². The topological polar surface area (TPSA) is 88.1 Å². The van der Waals surface area contributed by atoms with E-state index in [1.54, 1.807) is 35.1 Å². The monoisotopic (exact) mass is 487 g/mol. The molecule has 0 radical (unpaired) electrons. The van der Waals surface area contributed by atoms with Gasteiger partial charge in [-0.2, -0.15) is 0 Å². The minimum Gasteiger partial charge on any atom is -0.383 e. The Hall–Kier alpha value is -3.91. The van der Waals surface area contributed by atoms with Crippen molar-refractivity contribution in [2.24, 2.45) is 7.05 Å². The van der Waals surface area contributed by atoms with E-state index in [0.717, 1.165) is 33.3 Å². The molecule has 1 amide bonds. The summed E-state index contributed by atoms with van der Waals surface area (Å²) in [6.45, 7) is 7.37. The van der Waals surface area contributed by atoms with Gasteiger partial charge in [0.2, 0.25) is 0 Å². The van der Waals surface area contributed by atoms with Crippen molar-refractivity contribution >= 4 is 40.2 Å². The number of Topliss-reactive ketones (excluding diaryl/α,β-unsaturated/α-hetero) is 1. The maximum Gasteiger partial charge on any atom is 0.298 e. The number of nitrogens with zero attached hydrogens (tertiary/aromatic N) is 2. The number of hydrogen-bond acceptors (Lipinski definition) is 6. The van der Waals surface area contributed by atoms with Crippen LogP contribution in [0.25, 0.3) is 10.4 Å². The number of amides is 1. The first-order chi connectivity index (χ1) is 16.8. The van der Waals surface area contributed by atoms with Gasteiger partial charge in [-0.15, -0.1) is 11.3 Å². The van der Waals surface area contributed by atoms with Gasteiger partial charge in [-0.1, -0.05) is 6.07 Å². The first kappa shape index (κ1) is 24.2. The fraction of sp³-hybridized carbons (Fsp3) is 0.222. The van der Waals surface area contributed by atoms with E-state index in [9.17, 15) is 9.59 Å². The molecular weight excluding hydrogens is 458 g/mol. The Kier molecular flexibility index (Phi) is 7.31.